The number of aromatic amines is 1. The number of H-pyrrole nitrogens is 1. The van der Waals surface area contributed by atoms with Gasteiger partial charge in [-0.25, -0.2) is 0 Å². The van der Waals surface area contributed by atoms with E-state index in [4.69, 9.17) is 4.74 Å². The normalized spacial score (nSPS) is 11.7. The SMILES string of the molecule is O=C(NCC(O)c1cccc(OCc2ccccc2)c1)c1ccc[nH]1. The zero-order valence-corrected chi connectivity index (χ0v) is 13.7. The van der Waals surface area contributed by atoms with E-state index in [1.165, 1.54) is 0 Å². The number of aliphatic hydroxyl groups excluding tert-OH is 1. The van der Waals surface area contributed by atoms with Crippen LogP contribution >= 0.6 is 0 Å². The Labute approximate surface area is 146 Å². The highest BCUT2D eigenvalue weighted by molar-refractivity contribution is 5.92. The van der Waals surface area contributed by atoms with Crippen molar-refractivity contribution in [3.05, 3.63) is 89.7 Å². The highest BCUT2D eigenvalue weighted by atomic mass is 16.5. The van der Waals surface area contributed by atoms with Gasteiger partial charge in [-0.3, -0.25) is 4.79 Å². The van der Waals surface area contributed by atoms with Gasteiger partial charge in [0, 0.05) is 12.7 Å². The minimum Gasteiger partial charge on any atom is -0.489 e. The summed E-state index contributed by atoms with van der Waals surface area (Å²) in [6.45, 7) is 0.587. The van der Waals surface area contributed by atoms with Crippen LogP contribution in [0.1, 0.15) is 27.7 Å². The van der Waals surface area contributed by atoms with Gasteiger partial charge in [0.25, 0.3) is 5.91 Å². The Kier molecular flexibility index (Phi) is 5.49. The molecule has 0 aliphatic heterocycles. The molecule has 3 N–H and O–H groups in total. The number of hydrogen-bond acceptors (Lipinski definition) is 3. The van der Waals surface area contributed by atoms with E-state index in [-0.39, 0.29) is 12.5 Å². The lowest BCUT2D eigenvalue weighted by molar-refractivity contribution is 0.0912. The molecule has 2 aromatic carbocycles. The standard InChI is InChI=1S/C20H20N2O3/c23-19(13-22-20(24)18-10-5-11-21-18)16-8-4-9-17(12-16)25-14-15-6-2-1-3-7-15/h1-12,19,21,23H,13-14H2,(H,22,24). The summed E-state index contributed by atoms with van der Waals surface area (Å²) in [5.74, 6) is 0.427. The smallest absolute Gasteiger partial charge is 0.267 e. The summed E-state index contributed by atoms with van der Waals surface area (Å²) in [5.41, 5.74) is 2.23. The van der Waals surface area contributed by atoms with Gasteiger partial charge in [-0.2, -0.15) is 0 Å². The Morgan fingerprint density at radius 2 is 1.92 bits per heavy atom. The Bertz CT molecular complexity index is 801. The molecule has 128 valence electrons. The molecule has 1 atom stereocenters. The molecule has 0 bridgehead atoms. The van der Waals surface area contributed by atoms with Gasteiger partial charge in [-0.05, 0) is 35.4 Å². The van der Waals surface area contributed by atoms with Crippen LogP contribution in [-0.4, -0.2) is 22.5 Å². The van der Waals surface area contributed by atoms with E-state index in [0.29, 0.717) is 23.6 Å². The van der Waals surface area contributed by atoms with Crippen LogP contribution in [0.2, 0.25) is 0 Å². The Hall–Kier alpha value is -3.05. The van der Waals surface area contributed by atoms with Gasteiger partial charge in [0.05, 0.1) is 6.10 Å². The quantitative estimate of drug-likeness (QED) is 0.621. The van der Waals surface area contributed by atoms with E-state index in [2.05, 4.69) is 10.3 Å². The summed E-state index contributed by atoms with van der Waals surface area (Å²) < 4.78 is 5.76. The second-order valence-corrected chi connectivity index (χ2v) is 5.66. The molecule has 1 heterocycles. The largest absolute Gasteiger partial charge is 0.489 e. The van der Waals surface area contributed by atoms with Crippen molar-refractivity contribution in [2.24, 2.45) is 0 Å². The highest BCUT2D eigenvalue weighted by Gasteiger charge is 2.12. The molecule has 1 amide bonds. The van der Waals surface area contributed by atoms with Crippen molar-refractivity contribution < 1.29 is 14.6 Å². The van der Waals surface area contributed by atoms with E-state index in [0.717, 1.165) is 5.56 Å². The van der Waals surface area contributed by atoms with Crippen molar-refractivity contribution >= 4 is 5.91 Å². The summed E-state index contributed by atoms with van der Waals surface area (Å²) in [5, 5.41) is 13.0. The van der Waals surface area contributed by atoms with Crippen molar-refractivity contribution in [2.75, 3.05) is 6.54 Å². The number of nitrogens with one attached hydrogen (secondary N) is 2. The first kappa shape index (κ1) is 16.8. The van der Waals surface area contributed by atoms with Crippen LogP contribution in [0, 0.1) is 0 Å². The summed E-state index contributed by atoms with van der Waals surface area (Å²) in [6, 6.07) is 20.6. The molecule has 5 nitrogen and oxygen atoms in total. The molecule has 0 radical (unpaired) electrons. The van der Waals surface area contributed by atoms with Gasteiger partial charge in [0.15, 0.2) is 0 Å². The predicted octanol–water partition coefficient (Wildman–Crippen LogP) is 3.06. The molecule has 3 rings (SSSR count). The van der Waals surface area contributed by atoms with Crippen LogP contribution in [-0.2, 0) is 6.61 Å². The molecule has 5 heteroatoms. The highest BCUT2D eigenvalue weighted by Crippen LogP contribution is 2.20. The zero-order valence-electron chi connectivity index (χ0n) is 13.7. The van der Waals surface area contributed by atoms with Gasteiger partial charge in [-0.1, -0.05) is 42.5 Å². The molecule has 0 aliphatic rings. The van der Waals surface area contributed by atoms with Crippen LogP contribution in [0.25, 0.3) is 0 Å². The van der Waals surface area contributed by atoms with Crippen LogP contribution in [0.4, 0.5) is 0 Å². The second kappa shape index (κ2) is 8.17. The van der Waals surface area contributed by atoms with Crippen LogP contribution in [0.3, 0.4) is 0 Å². The van der Waals surface area contributed by atoms with Crippen LogP contribution < -0.4 is 10.1 Å². The summed E-state index contributed by atoms with van der Waals surface area (Å²) >= 11 is 0. The molecule has 0 fully saturated rings. The van der Waals surface area contributed by atoms with Gasteiger partial charge < -0.3 is 20.1 Å². The summed E-state index contributed by atoms with van der Waals surface area (Å²) in [6.07, 6.45) is 0.873. The van der Waals surface area contributed by atoms with Gasteiger partial charge in [0.2, 0.25) is 0 Å². The number of hydrogen-bond donors (Lipinski definition) is 3. The minimum absolute atomic E-state index is 0.125. The minimum atomic E-state index is -0.806. The van der Waals surface area contributed by atoms with Crippen molar-refractivity contribution in [3.63, 3.8) is 0 Å². The third-order valence-electron chi connectivity index (χ3n) is 3.79. The van der Waals surface area contributed by atoms with Gasteiger partial charge >= 0.3 is 0 Å². The number of carbonyl (C=O) groups excluding carboxylic acids is 1. The number of ether oxygens (including phenoxy) is 1. The maximum absolute atomic E-state index is 11.9. The number of aliphatic hydroxyl groups is 1. The molecule has 1 aromatic heterocycles. The summed E-state index contributed by atoms with van der Waals surface area (Å²) in [4.78, 5) is 14.7. The molecule has 0 aliphatic carbocycles. The lowest BCUT2D eigenvalue weighted by Crippen LogP contribution is -2.28. The average Bonchev–Trinajstić information content (AvgIpc) is 3.20. The van der Waals surface area contributed by atoms with E-state index < -0.39 is 6.10 Å². The Morgan fingerprint density at radius 3 is 2.68 bits per heavy atom. The molecule has 0 spiro atoms. The number of carbonyl (C=O) groups is 1. The topological polar surface area (TPSA) is 74.3 Å². The number of rotatable bonds is 7. The van der Waals surface area contributed by atoms with Crippen LogP contribution in [0.15, 0.2) is 72.9 Å². The lowest BCUT2D eigenvalue weighted by atomic mass is 10.1. The summed E-state index contributed by atoms with van der Waals surface area (Å²) in [7, 11) is 0. The Morgan fingerprint density at radius 1 is 1.08 bits per heavy atom. The Balaban J connectivity index is 1.55. The molecular weight excluding hydrogens is 316 g/mol. The molecule has 3 aromatic rings. The fraction of sp³-hybridized carbons (Fsp3) is 0.150. The van der Waals surface area contributed by atoms with Crippen LogP contribution in [0.5, 0.6) is 5.75 Å². The van der Waals surface area contributed by atoms with E-state index in [1.807, 2.05) is 42.5 Å². The van der Waals surface area contributed by atoms with Gasteiger partial charge in [-0.15, -0.1) is 0 Å². The van der Waals surface area contributed by atoms with Crippen molar-refractivity contribution in [1.82, 2.24) is 10.3 Å². The third-order valence-corrected chi connectivity index (χ3v) is 3.79. The molecule has 1 unspecified atom stereocenters. The molecule has 25 heavy (non-hydrogen) atoms. The number of aromatic nitrogens is 1. The van der Waals surface area contributed by atoms with E-state index in [1.54, 1.807) is 30.5 Å². The number of benzene rings is 2. The number of amides is 1. The monoisotopic (exact) mass is 336 g/mol. The molecule has 0 saturated carbocycles. The van der Waals surface area contributed by atoms with Crippen molar-refractivity contribution in [1.29, 1.82) is 0 Å². The zero-order chi connectivity index (χ0) is 17.5. The van der Waals surface area contributed by atoms with Gasteiger partial charge in [0.1, 0.15) is 18.1 Å². The maximum atomic E-state index is 11.9. The molecular formula is C20H20N2O3. The maximum Gasteiger partial charge on any atom is 0.267 e. The van der Waals surface area contributed by atoms with Crippen molar-refractivity contribution in [2.45, 2.75) is 12.7 Å². The second-order valence-electron chi connectivity index (χ2n) is 5.66. The molecule has 0 saturated heterocycles. The first-order valence-corrected chi connectivity index (χ1v) is 8.09. The fourth-order valence-corrected chi connectivity index (χ4v) is 2.43. The lowest BCUT2D eigenvalue weighted by Gasteiger charge is -2.14. The van der Waals surface area contributed by atoms with E-state index >= 15 is 0 Å². The predicted molar refractivity (Wildman–Crippen MR) is 95.3 cm³/mol. The van der Waals surface area contributed by atoms with E-state index in [9.17, 15) is 9.90 Å². The van der Waals surface area contributed by atoms with Crippen molar-refractivity contribution in [3.8, 4) is 5.75 Å². The fourth-order valence-electron chi connectivity index (χ4n) is 2.43. The average molecular weight is 336 g/mol. The third kappa shape index (κ3) is 4.71. The first-order chi connectivity index (χ1) is 12.2. The first-order valence-electron chi connectivity index (χ1n) is 8.09.